The average molecular weight is 544 g/mol. The summed E-state index contributed by atoms with van der Waals surface area (Å²) in [5, 5.41) is 9.81. The van der Waals surface area contributed by atoms with Crippen LogP contribution in [0.25, 0.3) is 0 Å². The van der Waals surface area contributed by atoms with Crippen LogP contribution in [0.5, 0.6) is 0 Å². The lowest BCUT2D eigenvalue weighted by atomic mass is 9.71. The lowest BCUT2D eigenvalue weighted by molar-refractivity contribution is -0.154. The number of esters is 1. The zero-order valence-electron chi connectivity index (χ0n) is 19.8. The molecule has 0 aliphatic carbocycles. The molecule has 0 aromatic rings. The smallest absolute Gasteiger partial charge is 0.310 e. The molecule has 3 unspecified atom stereocenters. The van der Waals surface area contributed by atoms with Crippen molar-refractivity contribution in [3.63, 3.8) is 0 Å². The van der Waals surface area contributed by atoms with Gasteiger partial charge in [0.15, 0.2) is 0 Å². The Labute approximate surface area is 209 Å². The van der Waals surface area contributed by atoms with Crippen LogP contribution in [-0.2, 0) is 19.1 Å². The van der Waals surface area contributed by atoms with Crippen molar-refractivity contribution in [3.05, 3.63) is 25.3 Å². The van der Waals surface area contributed by atoms with Gasteiger partial charge < -0.3 is 19.6 Å². The minimum absolute atomic E-state index is 0.0225. The Hall–Kier alpha value is -1.32. The standard InChI is InChI=1S/C24H35BrN2O5S/c1-7-9-11-32-22(31)16-17-20(29)27(14(3)13-28)19(24(17)12-15(25)18(16)33-24)21(30)26(10-8-2)23(4,5)6/h7-8,14-19,28H,1-2,9-13H2,3-6H3/t14-,15?,16-,17+,18-,19?,24?/m1/s1. The minimum Gasteiger partial charge on any atom is -0.465 e. The highest BCUT2D eigenvalue weighted by Crippen LogP contribution is 2.68. The van der Waals surface area contributed by atoms with Crippen LogP contribution >= 0.6 is 27.7 Å². The summed E-state index contributed by atoms with van der Waals surface area (Å²) in [4.78, 5) is 44.4. The number of hydrogen-bond acceptors (Lipinski definition) is 6. The third kappa shape index (κ3) is 4.29. The van der Waals surface area contributed by atoms with E-state index in [1.165, 1.54) is 4.90 Å². The molecule has 7 nitrogen and oxygen atoms in total. The number of likely N-dealkylation sites (tertiary alicyclic amines) is 1. The molecule has 3 aliphatic rings. The predicted molar refractivity (Wildman–Crippen MR) is 133 cm³/mol. The fourth-order valence-electron chi connectivity index (χ4n) is 5.49. The SMILES string of the molecule is C=CCCOC(=O)[C@H]1[C@@H]2SC3(CC2Br)C(C(=O)N(CC=C)C(C)(C)C)N([C@H](C)CO)C(=O)[C@H]13. The number of hydrogen-bond donors (Lipinski definition) is 1. The lowest BCUT2D eigenvalue weighted by Gasteiger charge is -2.43. The Morgan fingerprint density at radius 2 is 2.06 bits per heavy atom. The maximum atomic E-state index is 14.1. The summed E-state index contributed by atoms with van der Waals surface area (Å²) in [7, 11) is 0. The van der Waals surface area contributed by atoms with E-state index in [0.717, 1.165) is 0 Å². The van der Waals surface area contributed by atoms with Gasteiger partial charge in [-0.1, -0.05) is 28.1 Å². The normalized spacial score (nSPS) is 33.6. The first kappa shape index (κ1) is 26.3. The van der Waals surface area contributed by atoms with E-state index in [-0.39, 0.29) is 35.1 Å². The molecular formula is C24H35BrN2O5S. The molecule has 2 bridgehead atoms. The highest BCUT2D eigenvalue weighted by molar-refractivity contribution is 9.09. The first-order chi connectivity index (χ1) is 15.5. The van der Waals surface area contributed by atoms with Gasteiger partial charge in [0.2, 0.25) is 11.8 Å². The Morgan fingerprint density at radius 3 is 2.61 bits per heavy atom. The molecule has 7 atom stereocenters. The molecule has 1 spiro atoms. The van der Waals surface area contributed by atoms with Gasteiger partial charge in [-0.25, -0.2) is 0 Å². The number of alkyl halides is 1. The van der Waals surface area contributed by atoms with Crippen LogP contribution in [0.3, 0.4) is 0 Å². The molecule has 0 aromatic heterocycles. The van der Waals surface area contributed by atoms with Crippen LogP contribution < -0.4 is 0 Å². The fourth-order valence-corrected chi connectivity index (χ4v) is 9.07. The number of aliphatic hydroxyl groups is 1. The quantitative estimate of drug-likeness (QED) is 0.208. The molecule has 1 N–H and O–H groups in total. The van der Waals surface area contributed by atoms with E-state index in [1.54, 1.807) is 35.7 Å². The van der Waals surface area contributed by atoms with Crippen LogP contribution in [0.4, 0.5) is 0 Å². The predicted octanol–water partition coefficient (Wildman–Crippen LogP) is 2.76. The molecule has 3 heterocycles. The first-order valence-electron chi connectivity index (χ1n) is 11.4. The van der Waals surface area contributed by atoms with E-state index in [9.17, 15) is 19.5 Å². The van der Waals surface area contributed by atoms with Crippen LogP contribution in [0.15, 0.2) is 25.3 Å². The maximum Gasteiger partial charge on any atom is 0.310 e. The number of fused-ring (bicyclic) bond motifs is 1. The average Bonchev–Trinajstić information content (AvgIpc) is 3.33. The summed E-state index contributed by atoms with van der Waals surface area (Å²) in [5.41, 5.74) is -0.491. The van der Waals surface area contributed by atoms with E-state index in [0.29, 0.717) is 19.4 Å². The van der Waals surface area contributed by atoms with Crippen molar-refractivity contribution in [2.24, 2.45) is 11.8 Å². The summed E-state index contributed by atoms with van der Waals surface area (Å²) in [6.45, 7) is 15.3. The van der Waals surface area contributed by atoms with Gasteiger partial charge in [0.05, 0.1) is 35.8 Å². The summed E-state index contributed by atoms with van der Waals surface area (Å²) < 4.78 is 4.74. The van der Waals surface area contributed by atoms with Crippen molar-refractivity contribution in [2.45, 2.75) is 73.0 Å². The number of amides is 2. The second kappa shape index (κ2) is 9.74. The van der Waals surface area contributed by atoms with Gasteiger partial charge in [0, 0.05) is 22.2 Å². The number of carbonyl (C=O) groups is 3. The third-order valence-corrected chi connectivity index (χ3v) is 10.1. The van der Waals surface area contributed by atoms with Crippen molar-refractivity contribution in [2.75, 3.05) is 19.8 Å². The van der Waals surface area contributed by atoms with Gasteiger partial charge >= 0.3 is 5.97 Å². The fraction of sp³-hybridized carbons (Fsp3) is 0.708. The molecule has 3 fully saturated rings. The molecule has 3 aliphatic heterocycles. The Balaban J connectivity index is 2.07. The second-order valence-corrected chi connectivity index (χ2v) is 12.8. The third-order valence-electron chi connectivity index (χ3n) is 6.93. The van der Waals surface area contributed by atoms with Crippen molar-refractivity contribution in [1.29, 1.82) is 0 Å². The van der Waals surface area contributed by atoms with Crippen molar-refractivity contribution < 1.29 is 24.2 Å². The topological polar surface area (TPSA) is 87.2 Å². The molecule has 0 aromatic carbocycles. The Kier molecular flexibility index (Phi) is 7.76. The zero-order chi connectivity index (χ0) is 24.7. The number of rotatable bonds is 9. The van der Waals surface area contributed by atoms with Crippen molar-refractivity contribution in [3.8, 4) is 0 Å². The van der Waals surface area contributed by atoms with Crippen LogP contribution in [-0.4, -0.2) is 84.9 Å². The van der Waals surface area contributed by atoms with Crippen molar-refractivity contribution in [1.82, 2.24) is 9.80 Å². The number of ether oxygens (including phenoxy) is 1. The zero-order valence-corrected chi connectivity index (χ0v) is 22.2. The number of nitrogens with zero attached hydrogens (tertiary/aromatic N) is 2. The van der Waals surface area contributed by atoms with Gasteiger partial charge in [-0.05, 0) is 40.5 Å². The molecule has 3 rings (SSSR count). The monoisotopic (exact) mass is 542 g/mol. The Morgan fingerprint density at radius 1 is 1.39 bits per heavy atom. The summed E-state index contributed by atoms with van der Waals surface area (Å²) in [6.07, 6.45) is 4.49. The van der Waals surface area contributed by atoms with Gasteiger partial charge in [-0.3, -0.25) is 14.4 Å². The van der Waals surface area contributed by atoms with Crippen molar-refractivity contribution >= 4 is 45.5 Å². The van der Waals surface area contributed by atoms with Crippen LogP contribution in [0.2, 0.25) is 0 Å². The summed E-state index contributed by atoms with van der Waals surface area (Å²) in [6, 6.07) is -1.33. The first-order valence-corrected chi connectivity index (χ1v) is 13.2. The van der Waals surface area contributed by atoms with E-state index >= 15 is 0 Å². The number of halogens is 1. The molecule has 3 saturated heterocycles. The van der Waals surface area contributed by atoms with Gasteiger partial charge in [-0.15, -0.1) is 24.9 Å². The van der Waals surface area contributed by atoms with Crippen LogP contribution in [0.1, 0.15) is 40.5 Å². The Bertz CT molecular complexity index is 830. The van der Waals surface area contributed by atoms with Gasteiger partial charge in [-0.2, -0.15) is 0 Å². The van der Waals surface area contributed by atoms with E-state index < -0.39 is 40.2 Å². The minimum atomic E-state index is -0.780. The van der Waals surface area contributed by atoms with Gasteiger partial charge in [0.25, 0.3) is 0 Å². The van der Waals surface area contributed by atoms with Gasteiger partial charge in [0.1, 0.15) is 6.04 Å². The molecule has 0 radical (unpaired) electrons. The lowest BCUT2D eigenvalue weighted by Crippen LogP contribution is -2.60. The van der Waals surface area contributed by atoms with E-state index in [4.69, 9.17) is 4.74 Å². The molecular weight excluding hydrogens is 508 g/mol. The molecule has 0 saturated carbocycles. The highest BCUT2D eigenvalue weighted by atomic mass is 79.9. The summed E-state index contributed by atoms with van der Waals surface area (Å²) >= 11 is 5.30. The molecule has 9 heteroatoms. The largest absolute Gasteiger partial charge is 0.465 e. The van der Waals surface area contributed by atoms with E-state index in [1.807, 2.05) is 20.8 Å². The summed E-state index contributed by atoms with van der Waals surface area (Å²) in [5.74, 6) is -2.12. The van der Waals surface area contributed by atoms with Crippen LogP contribution in [0, 0.1) is 11.8 Å². The molecule has 33 heavy (non-hydrogen) atoms. The molecule has 184 valence electrons. The van der Waals surface area contributed by atoms with E-state index in [2.05, 4.69) is 29.1 Å². The second-order valence-electron chi connectivity index (χ2n) is 10.1. The maximum absolute atomic E-state index is 14.1. The number of thioether (sulfide) groups is 1. The number of aliphatic hydroxyl groups excluding tert-OH is 1. The highest BCUT2D eigenvalue weighted by Gasteiger charge is 2.76. The molecule has 2 amide bonds. The number of carbonyl (C=O) groups excluding carboxylic acids is 3.